The van der Waals surface area contributed by atoms with Crippen LogP contribution in [0.5, 0.6) is 11.6 Å². The van der Waals surface area contributed by atoms with Crippen LogP contribution in [0.15, 0.2) is 40.9 Å². The van der Waals surface area contributed by atoms with Crippen LogP contribution in [0.25, 0.3) is 21.0 Å². The first-order chi connectivity index (χ1) is 11.5. The molecule has 120 valence electrons. The highest BCUT2D eigenvalue weighted by atomic mass is 79.9. The molecule has 0 aliphatic carbocycles. The Morgan fingerprint density at radius 3 is 2.54 bits per heavy atom. The highest BCUT2D eigenvalue weighted by Gasteiger charge is 2.15. The highest BCUT2D eigenvalue weighted by Crippen LogP contribution is 2.37. The summed E-state index contributed by atoms with van der Waals surface area (Å²) in [6, 6.07) is 12.3. The lowest BCUT2D eigenvalue weighted by molar-refractivity contribution is 0.467. The molecule has 0 aliphatic rings. The van der Waals surface area contributed by atoms with E-state index in [1.165, 1.54) is 15.8 Å². The second kappa shape index (κ2) is 5.83. The first-order valence-electron chi connectivity index (χ1n) is 7.63. The second-order valence-electron chi connectivity index (χ2n) is 5.79. The molecule has 2 aromatic carbocycles. The average molecular weight is 399 g/mol. The van der Waals surface area contributed by atoms with Crippen LogP contribution >= 0.6 is 27.3 Å². The largest absolute Gasteiger partial charge is 0.438 e. The first-order valence-corrected chi connectivity index (χ1v) is 9.24. The van der Waals surface area contributed by atoms with Gasteiger partial charge in [0, 0.05) is 9.35 Å². The van der Waals surface area contributed by atoms with E-state index in [0.717, 1.165) is 31.6 Å². The molecule has 0 fully saturated rings. The molecule has 0 saturated carbocycles. The summed E-state index contributed by atoms with van der Waals surface area (Å²) in [4.78, 5) is 11.3. The van der Waals surface area contributed by atoms with Crippen molar-refractivity contribution in [2.24, 2.45) is 0 Å². The number of hydrogen-bond acceptors (Lipinski definition) is 4. The van der Waals surface area contributed by atoms with Gasteiger partial charge >= 0.3 is 0 Å². The van der Waals surface area contributed by atoms with Gasteiger partial charge in [0.2, 0.25) is 5.88 Å². The zero-order valence-corrected chi connectivity index (χ0v) is 16.0. The van der Waals surface area contributed by atoms with Gasteiger partial charge in [0.1, 0.15) is 16.4 Å². The average Bonchev–Trinajstić information content (AvgIpc) is 2.82. The number of thiophene rings is 1. The number of aromatic nitrogens is 2. The number of halogens is 1. The zero-order chi connectivity index (χ0) is 16.8. The summed E-state index contributed by atoms with van der Waals surface area (Å²) >= 11 is 5.19. The van der Waals surface area contributed by atoms with Crippen molar-refractivity contribution >= 4 is 48.3 Å². The van der Waals surface area contributed by atoms with E-state index >= 15 is 0 Å². The molecule has 4 rings (SSSR count). The molecule has 4 aromatic rings. The monoisotopic (exact) mass is 398 g/mol. The Morgan fingerprint density at radius 2 is 1.71 bits per heavy atom. The van der Waals surface area contributed by atoms with Gasteiger partial charge in [-0.15, -0.1) is 11.3 Å². The van der Waals surface area contributed by atoms with Crippen LogP contribution < -0.4 is 4.74 Å². The van der Waals surface area contributed by atoms with Crippen molar-refractivity contribution < 1.29 is 4.74 Å². The number of benzene rings is 2. The topological polar surface area (TPSA) is 35.0 Å². The van der Waals surface area contributed by atoms with E-state index in [-0.39, 0.29) is 0 Å². The Balaban J connectivity index is 1.83. The zero-order valence-electron chi connectivity index (χ0n) is 13.6. The minimum Gasteiger partial charge on any atom is -0.438 e. The van der Waals surface area contributed by atoms with Crippen molar-refractivity contribution in [3.8, 4) is 11.6 Å². The smallest absolute Gasteiger partial charge is 0.231 e. The molecular formula is C19H15BrN2OS. The lowest BCUT2D eigenvalue weighted by Gasteiger charge is -2.09. The number of aryl methyl sites for hydroxylation is 3. The van der Waals surface area contributed by atoms with Gasteiger partial charge in [0.25, 0.3) is 0 Å². The summed E-state index contributed by atoms with van der Waals surface area (Å²) in [6.07, 6.45) is 0. The fourth-order valence-electron chi connectivity index (χ4n) is 2.76. The minimum absolute atomic E-state index is 0.635. The lowest BCUT2D eigenvalue weighted by atomic mass is 10.1. The number of hydrogen-bond donors (Lipinski definition) is 0. The van der Waals surface area contributed by atoms with E-state index in [1.807, 2.05) is 25.1 Å². The molecule has 24 heavy (non-hydrogen) atoms. The Hall–Kier alpha value is -1.98. The third-order valence-electron chi connectivity index (χ3n) is 4.10. The van der Waals surface area contributed by atoms with Crippen LogP contribution in [0.3, 0.4) is 0 Å². The summed E-state index contributed by atoms with van der Waals surface area (Å²) in [5.74, 6) is 2.15. The summed E-state index contributed by atoms with van der Waals surface area (Å²) in [5.41, 5.74) is 1.19. The van der Waals surface area contributed by atoms with E-state index in [1.54, 1.807) is 11.3 Å². The van der Waals surface area contributed by atoms with Crippen molar-refractivity contribution in [3.63, 3.8) is 0 Å². The predicted octanol–water partition coefficient (Wildman–Crippen LogP) is 6.32. The standard InChI is InChI=1S/C19H15BrN2OS/c1-10-11(2)24-19-17(10)18(21-12(3)22-19)23-16-7-5-13-8-15(20)6-4-14(13)9-16/h4-9H,1-3H3. The number of ether oxygens (including phenoxy) is 1. The van der Waals surface area contributed by atoms with Crippen LogP contribution in [-0.2, 0) is 0 Å². The number of rotatable bonds is 2. The molecule has 0 atom stereocenters. The van der Waals surface area contributed by atoms with Crippen LogP contribution in [0.1, 0.15) is 16.3 Å². The number of nitrogens with zero attached hydrogens (tertiary/aromatic N) is 2. The van der Waals surface area contributed by atoms with Gasteiger partial charge in [0.05, 0.1) is 5.39 Å². The summed E-state index contributed by atoms with van der Waals surface area (Å²) in [7, 11) is 0. The first kappa shape index (κ1) is 15.5. The Morgan fingerprint density at radius 1 is 0.958 bits per heavy atom. The van der Waals surface area contributed by atoms with Crippen molar-refractivity contribution in [3.05, 3.63) is 57.1 Å². The van der Waals surface area contributed by atoms with E-state index < -0.39 is 0 Å². The Bertz CT molecular complexity index is 1090. The third kappa shape index (κ3) is 2.68. The molecule has 5 heteroatoms. The summed E-state index contributed by atoms with van der Waals surface area (Å²) < 4.78 is 7.22. The maximum atomic E-state index is 6.15. The molecule has 2 heterocycles. The maximum absolute atomic E-state index is 6.15. The van der Waals surface area contributed by atoms with E-state index in [0.29, 0.717) is 5.88 Å². The molecule has 3 nitrogen and oxygen atoms in total. The summed E-state index contributed by atoms with van der Waals surface area (Å²) in [5, 5.41) is 3.32. The fraction of sp³-hybridized carbons (Fsp3) is 0.158. The SMILES string of the molecule is Cc1nc(Oc2ccc3cc(Br)ccc3c2)c2c(C)c(C)sc2n1. The van der Waals surface area contributed by atoms with Gasteiger partial charge in [0.15, 0.2) is 0 Å². The number of fused-ring (bicyclic) bond motifs is 2. The minimum atomic E-state index is 0.635. The molecular weight excluding hydrogens is 384 g/mol. The predicted molar refractivity (Wildman–Crippen MR) is 103 cm³/mol. The van der Waals surface area contributed by atoms with Gasteiger partial charge in [-0.1, -0.05) is 28.1 Å². The van der Waals surface area contributed by atoms with Crippen LogP contribution in [-0.4, -0.2) is 9.97 Å². The summed E-state index contributed by atoms with van der Waals surface area (Å²) in [6.45, 7) is 6.10. The van der Waals surface area contributed by atoms with Crippen molar-refractivity contribution in [2.45, 2.75) is 20.8 Å². The van der Waals surface area contributed by atoms with E-state index in [2.05, 4.69) is 57.9 Å². The van der Waals surface area contributed by atoms with Crippen LogP contribution in [0.4, 0.5) is 0 Å². The third-order valence-corrected chi connectivity index (χ3v) is 5.69. The van der Waals surface area contributed by atoms with E-state index in [9.17, 15) is 0 Å². The highest BCUT2D eigenvalue weighted by molar-refractivity contribution is 9.10. The molecule has 0 saturated heterocycles. The molecule has 2 aromatic heterocycles. The van der Waals surface area contributed by atoms with Crippen LogP contribution in [0.2, 0.25) is 0 Å². The van der Waals surface area contributed by atoms with Gasteiger partial charge in [-0.2, -0.15) is 4.98 Å². The Kier molecular flexibility index (Phi) is 3.77. The van der Waals surface area contributed by atoms with E-state index in [4.69, 9.17) is 4.74 Å². The molecule has 0 bridgehead atoms. The van der Waals surface area contributed by atoms with Crippen molar-refractivity contribution in [1.29, 1.82) is 0 Å². The molecule has 0 aliphatic heterocycles. The normalized spacial score (nSPS) is 11.3. The molecule has 0 unspecified atom stereocenters. The molecule has 0 radical (unpaired) electrons. The molecule has 0 amide bonds. The quantitative estimate of drug-likeness (QED) is 0.395. The van der Waals surface area contributed by atoms with Crippen molar-refractivity contribution in [1.82, 2.24) is 9.97 Å². The van der Waals surface area contributed by atoms with Gasteiger partial charge < -0.3 is 4.74 Å². The second-order valence-corrected chi connectivity index (χ2v) is 7.91. The Labute approximate surface area is 152 Å². The molecule has 0 N–H and O–H groups in total. The molecule has 0 spiro atoms. The van der Waals surface area contributed by atoms with Gasteiger partial charge in [-0.05, 0) is 61.4 Å². The lowest BCUT2D eigenvalue weighted by Crippen LogP contribution is -1.94. The van der Waals surface area contributed by atoms with Gasteiger partial charge in [-0.25, -0.2) is 4.98 Å². The van der Waals surface area contributed by atoms with Gasteiger partial charge in [-0.3, -0.25) is 0 Å². The maximum Gasteiger partial charge on any atom is 0.231 e. The van der Waals surface area contributed by atoms with Crippen molar-refractivity contribution in [2.75, 3.05) is 0 Å². The van der Waals surface area contributed by atoms with Crippen LogP contribution in [0, 0.1) is 20.8 Å². The fourth-order valence-corrected chi connectivity index (χ4v) is 4.20.